The van der Waals surface area contributed by atoms with Gasteiger partial charge in [-0.2, -0.15) is 26.3 Å². The highest BCUT2D eigenvalue weighted by Crippen LogP contribution is 2.50. The monoisotopic (exact) mass is 591 g/mol. The topological polar surface area (TPSA) is 71.6 Å². The molecule has 3 aromatic rings. The predicted molar refractivity (Wildman–Crippen MR) is 132 cm³/mol. The molecule has 0 radical (unpaired) electrons. The number of rotatable bonds is 6. The van der Waals surface area contributed by atoms with Crippen molar-refractivity contribution in [2.75, 3.05) is 7.11 Å². The van der Waals surface area contributed by atoms with Crippen LogP contribution >= 0.6 is 23.2 Å². The average molecular weight is 592 g/mol. The van der Waals surface area contributed by atoms with Gasteiger partial charge < -0.3 is 5.32 Å². The Kier molecular flexibility index (Phi) is 7.77. The first-order chi connectivity index (χ1) is 18.3. The van der Waals surface area contributed by atoms with Gasteiger partial charge >= 0.3 is 12.4 Å². The summed E-state index contributed by atoms with van der Waals surface area (Å²) in [6.45, 7) is 0. The number of carbonyl (C=O) groups excluding carboxylic acids is 1. The maximum absolute atomic E-state index is 14.5. The number of hydrogen-bond acceptors (Lipinski definition) is 5. The van der Waals surface area contributed by atoms with Crippen LogP contribution in [0, 0.1) is 0 Å². The second-order valence-corrected chi connectivity index (χ2v) is 8.93. The van der Waals surface area contributed by atoms with E-state index in [-0.39, 0.29) is 22.9 Å². The fourth-order valence-electron chi connectivity index (χ4n) is 4.01. The Hall–Kier alpha value is -3.45. The van der Waals surface area contributed by atoms with E-state index in [1.54, 1.807) is 24.3 Å². The number of nitrogens with one attached hydrogen (secondary N) is 3. The third kappa shape index (κ3) is 5.37. The van der Waals surface area contributed by atoms with Crippen molar-refractivity contribution in [1.29, 1.82) is 0 Å². The summed E-state index contributed by atoms with van der Waals surface area (Å²) in [6.07, 6.45) is -7.08. The molecule has 3 N–H and O–H groups in total. The minimum atomic E-state index is -5.22. The molecule has 0 aliphatic carbocycles. The van der Waals surface area contributed by atoms with Crippen molar-refractivity contribution in [3.8, 4) is 0 Å². The molecule has 0 aromatic heterocycles. The van der Waals surface area contributed by atoms with E-state index < -0.39 is 45.0 Å². The van der Waals surface area contributed by atoms with Crippen LogP contribution in [0.2, 0.25) is 10.0 Å². The Balaban J connectivity index is 1.84. The Bertz CT molecular complexity index is 1490. The van der Waals surface area contributed by atoms with E-state index in [1.165, 1.54) is 31.6 Å². The molecule has 0 saturated carbocycles. The third-order valence-corrected chi connectivity index (χ3v) is 6.60. The fraction of sp³-hybridized carbons (Fsp3) is 0.160. The highest BCUT2D eigenvalue weighted by atomic mass is 35.5. The van der Waals surface area contributed by atoms with Gasteiger partial charge in [0, 0.05) is 29.1 Å². The summed E-state index contributed by atoms with van der Waals surface area (Å²) in [5.74, 6) is -0.517. The second-order valence-electron chi connectivity index (χ2n) is 8.15. The number of fused-ring (bicyclic) bond motifs is 1. The van der Waals surface area contributed by atoms with Gasteiger partial charge in [-0.1, -0.05) is 53.5 Å². The number of hydroxylamine groups is 2. The summed E-state index contributed by atoms with van der Waals surface area (Å²) in [7, 11) is 1.37. The van der Waals surface area contributed by atoms with Crippen LogP contribution in [-0.4, -0.2) is 19.2 Å². The van der Waals surface area contributed by atoms with Gasteiger partial charge in [0.15, 0.2) is 0 Å². The molecular formula is C25H17Cl2F6N3O3. The van der Waals surface area contributed by atoms with Crippen molar-refractivity contribution in [1.82, 2.24) is 16.3 Å². The third-order valence-electron chi connectivity index (χ3n) is 5.80. The highest BCUT2D eigenvalue weighted by Gasteiger charge is 2.60. The van der Waals surface area contributed by atoms with Gasteiger partial charge in [-0.3, -0.25) is 25.4 Å². The normalized spacial score (nSPS) is 17.8. The number of hydrogen-bond donors (Lipinski definition) is 3. The number of halogens is 8. The summed E-state index contributed by atoms with van der Waals surface area (Å²) in [5, 5.41) is 1.61. The molecule has 4 rings (SSSR count). The first kappa shape index (κ1) is 28.6. The summed E-state index contributed by atoms with van der Waals surface area (Å²) in [6, 6.07) is 10.1. The van der Waals surface area contributed by atoms with Crippen LogP contribution in [0.1, 0.15) is 27.0 Å². The summed E-state index contributed by atoms with van der Waals surface area (Å²) in [5.41, 5.74) is -1.02. The zero-order valence-corrected chi connectivity index (χ0v) is 21.1. The lowest BCUT2D eigenvalue weighted by Crippen LogP contribution is -2.42. The Morgan fingerprint density at radius 1 is 1.03 bits per heavy atom. The summed E-state index contributed by atoms with van der Waals surface area (Å²) >= 11 is 11.4. The summed E-state index contributed by atoms with van der Waals surface area (Å²) < 4.78 is 83.9. The minimum Gasteiger partial charge on any atom is -0.327 e. The van der Waals surface area contributed by atoms with Crippen molar-refractivity contribution in [3.63, 3.8) is 0 Å². The van der Waals surface area contributed by atoms with E-state index in [9.17, 15) is 31.1 Å². The van der Waals surface area contributed by atoms with Crippen LogP contribution in [0.25, 0.3) is 16.5 Å². The Morgan fingerprint density at radius 2 is 1.72 bits per heavy atom. The van der Waals surface area contributed by atoms with Gasteiger partial charge in [0.25, 0.3) is 5.91 Å². The zero-order chi connectivity index (χ0) is 28.6. The van der Waals surface area contributed by atoms with Crippen LogP contribution < -0.4 is 16.3 Å². The average Bonchev–Trinajstić information content (AvgIpc) is 3.33. The zero-order valence-electron chi connectivity index (χ0n) is 19.6. The lowest BCUT2D eigenvalue weighted by atomic mass is 9.89. The fourth-order valence-corrected chi connectivity index (χ4v) is 4.45. The van der Waals surface area contributed by atoms with Crippen molar-refractivity contribution in [2.45, 2.75) is 18.0 Å². The molecule has 1 heterocycles. The van der Waals surface area contributed by atoms with Gasteiger partial charge in [-0.25, -0.2) is 0 Å². The predicted octanol–water partition coefficient (Wildman–Crippen LogP) is 6.85. The van der Waals surface area contributed by atoms with Gasteiger partial charge in [-0.15, -0.1) is 0 Å². The molecule has 0 bridgehead atoms. The van der Waals surface area contributed by atoms with Crippen LogP contribution in [-0.2, 0) is 21.5 Å². The summed E-state index contributed by atoms with van der Waals surface area (Å²) in [4.78, 5) is 22.3. The second kappa shape index (κ2) is 10.6. The van der Waals surface area contributed by atoms with Crippen molar-refractivity contribution < 1.29 is 40.8 Å². The van der Waals surface area contributed by atoms with Gasteiger partial charge in [0.05, 0.1) is 28.4 Å². The van der Waals surface area contributed by atoms with Crippen LogP contribution in [0.15, 0.2) is 67.0 Å². The van der Waals surface area contributed by atoms with E-state index in [0.717, 1.165) is 0 Å². The van der Waals surface area contributed by atoms with E-state index >= 15 is 0 Å². The van der Waals surface area contributed by atoms with Gasteiger partial charge in [0.2, 0.25) is 5.60 Å². The molecule has 3 aromatic carbocycles. The molecular weight excluding hydrogens is 575 g/mol. The smallest absolute Gasteiger partial charge is 0.327 e. The molecule has 0 saturated heterocycles. The number of alkyl halides is 6. The Morgan fingerprint density at radius 3 is 2.36 bits per heavy atom. The molecule has 1 amide bonds. The number of carbonyl (C=O) groups is 1. The molecule has 206 valence electrons. The minimum absolute atomic E-state index is 0.195. The van der Waals surface area contributed by atoms with Crippen molar-refractivity contribution in [2.24, 2.45) is 0 Å². The molecule has 1 aliphatic heterocycles. The standard InChI is InChI=1S/C25H17Cl2F6N3O3/c1-38-35-9-8-34-22(37)17-7-6-16(14-4-2-3-5-15(14)17)20-12-23(39-36-20,25(31,32)33)13-10-18(24(28,29)30)21(27)19(26)11-13/h2-12,35-36H,1H3,(H,34,37)/b9-8+. The molecule has 1 aliphatic rings. The Labute approximate surface area is 227 Å². The van der Waals surface area contributed by atoms with E-state index in [4.69, 9.17) is 28.0 Å². The van der Waals surface area contributed by atoms with E-state index in [2.05, 4.69) is 21.1 Å². The van der Waals surface area contributed by atoms with E-state index in [1.807, 2.05) is 0 Å². The maximum Gasteiger partial charge on any atom is 0.428 e. The first-order valence-electron chi connectivity index (χ1n) is 10.9. The largest absolute Gasteiger partial charge is 0.428 e. The maximum atomic E-state index is 14.5. The molecule has 1 unspecified atom stereocenters. The van der Waals surface area contributed by atoms with Crippen LogP contribution in [0.3, 0.4) is 0 Å². The number of amides is 1. The van der Waals surface area contributed by atoms with Gasteiger partial charge in [0.1, 0.15) is 0 Å². The molecule has 14 heteroatoms. The SMILES string of the molecule is CON/C=C/NC(=O)c1ccc(C2=CC(c3cc(Cl)c(Cl)c(C(F)(F)F)c3)(C(F)(F)F)ON2)c2ccccc12. The molecule has 39 heavy (non-hydrogen) atoms. The van der Waals surface area contributed by atoms with E-state index in [0.29, 0.717) is 22.9 Å². The molecule has 0 spiro atoms. The lowest BCUT2D eigenvalue weighted by Gasteiger charge is -2.29. The molecule has 0 fully saturated rings. The van der Waals surface area contributed by atoms with Crippen LogP contribution in [0.4, 0.5) is 26.3 Å². The van der Waals surface area contributed by atoms with Crippen molar-refractivity contribution in [3.05, 3.63) is 99.3 Å². The molecule has 1 atom stereocenters. The van der Waals surface area contributed by atoms with Crippen molar-refractivity contribution >= 4 is 45.6 Å². The number of benzene rings is 3. The highest BCUT2D eigenvalue weighted by molar-refractivity contribution is 6.42. The van der Waals surface area contributed by atoms with Crippen LogP contribution in [0.5, 0.6) is 0 Å². The first-order valence-corrected chi connectivity index (χ1v) is 11.6. The molecule has 6 nitrogen and oxygen atoms in total. The quantitative estimate of drug-likeness (QED) is 0.216. The lowest BCUT2D eigenvalue weighted by molar-refractivity contribution is -0.269. The van der Waals surface area contributed by atoms with Gasteiger partial charge in [-0.05, 0) is 35.0 Å².